The Hall–Kier alpha value is -1.70. The Morgan fingerprint density at radius 3 is 2.60 bits per heavy atom. The average molecular weight is 353 g/mol. The first-order valence-corrected chi connectivity index (χ1v) is 6.85. The third-order valence-corrected chi connectivity index (χ3v) is 3.93. The van der Waals surface area contributed by atoms with Gasteiger partial charge >= 0.3 is 0 Å². The van der Waals surface area contributed by atoms with Crippen molar-refractivity contribution in [1.29, 1.82) is 5.26 Å². The first-order chi connectivity index (χ1) is 9.56. The summed E-state index contributed by atoms with van der Waals surface area (Å²) in [5.41, 5.74) is 0.536. The van der Waals surface area contributed by atoms with Gasteiger partial charge in [0, 0.05) is 10.0 Å². The minimum Gasteiger partial charge on any atom is -0.292 e. The van der Waals surface area contributed by atoms with Crippen LogP contribution in [0.5, 0.6) is 0 Å². The third kappa shape index (κ3) is 2.74. The number of nitrogens with zero attached hydrogens (tertiary/aromatic N) is 1. The summed E-state index contributed by atoms with van der Waals surface area (Å²) in [6.45, 7) is 0. The van der Waals surface area contributed by atoms with Crippen LogP contribution in [0, 0.1) is 17.1 Å². The van der Waals surface area contributed by atoms with E-state index in [9.17, 15) is 14.4 Å². The fraction of sp³-hybridized carbons (Fsp3) is 0.0667. The zero-order chi connectivity index (χ0) is 14.7. The Labute approximate surface area is 128 Å². The molecule has 5 heteroatoms. The van der Waals surface area contributed by atoms with Crippen LogP contribution >= 0.6 is 27.5 Å². The third-order valence-electron chi connectivity index (χ3n) is 2.82. The molecule has 0 aliphatic carbocycles. The van der Waals surface area contributed by atoms with Gasteiger partial charge in [0.2, 0.25) is 0 Å². The Morgan fingerprint density at radius 1 is 1.25 bits per heavy atom. The molecule has 0 aromatic heterocycles. The molecule has 0 bridgehead atoms. The summed E-state index contributed by atoms with van der Waals surface area (Å²) in [5.74, 6) is -2.24. The smallest absolute Gasteiger partial charge is 0.186 e. The first-order valence-electron chi connectivity index (χ1n) is 5.68. The molecule has 0 N–H and O–H groups in total. The van der Waals surface area contributed by atoms with E-state index in [1.807, 2.05) is 6.07 Å². The van der Waals surface area contributed by atoms with Gasteiger partial charge in [0.1, 0.15) is 11.7 Å². The minimum absolute atomic E-state index is 0.00831. The Morgan fingerprint density at radius 2 is 1.95 bits per heavy atom. The highest BCUT2D eigenvalue weighted by Gasteiger charge is 2.26. The van der Waals surface area contributed by atoms with Crippen LogP contribution in [0.2, 0.25) is 5.02 Å². The van der Waals surface area contributed by atoms with Crippen molar-refractivity contribution in [3.05, 3.63) is 68.9 Å². The number of carbonyl (C=O) groups is 1. The quantitative estimate of drug-likeness (QED) is 0.749. The number of halogens is 3. The minimum atomic E-state index is -1.04. The lowest BCUT2D eigenvalue weighted by molar-refractivity contribution is 0.0978. The van der Waals surface area contributed by atoms with Gasteiger partial charge in [-0.3, -0.25) is 4.79 Å². The summed E-state index contributed by atoms with van der Waals surface area (Å²) in [6, 6.07) is 12.8. The van der Waals surface area contributed by atoms with Crippen LogP contribution in [-0.4, -0.2) is 5.78 Å². The van der Waals surface area contributed by atoms with E-state index in [0.29, 0.717) is 10.0 Å². The molecular formula is C15H8BrClFNO. The molecule has 20 heavy (non-hydrogen) atoms. The maximum Gasteiger partial charge on any atom is 0.186 e. The normalized spacial score (nSPS) is 11.7. The zero-order valence-corrected chi connectivity index (χ0v) is 12.5. The van der Waals surface area contributed by atoms with Crippen molar-refractivity contribution in [2.45, 2.75) is 5.92 Å². The van der Waals surface area contributed by atoms with Gasteiger partial charge in [-0.15, -0.1) is 0 Å². The van der Waals surface area contributed by atoms with Gasteiger partial charge in [-0.2, -0.15) is 5.26 Å². The molecule has 2 nitrogen and oxygen atoms in total. The molecule has 0 aliphatic rings. The highest BCUT2D eigenvalue weighted by atomic mass is 79.9. The Bertz CT molecular complexity index is 711. The zero-order valence-electron chi connectivity index (χ0n) is 10.1. The molecule has 0 heterocycles. The highest BCUT2D eigenvalue weighted by molar-refractivity contribution is 9.10. The van der Waals surface area contributed by atoms with E-state index in [0.717, 1.165) is 0 Å². The van der Waals surface area contributed by atoms with Crippen LogP contribution in [0.3, 0.4) is 0 Å². The molecule has 2 aromatic rings. The molecule has 0 saturated heterocycles. The maximum absolute atomic E-state index is 13.4. The molecule has 100 valence electrons. The standard InChI is InChI=1S/C15H8BrClFNO/c16-12-6-2-1-4-9(12)11(8-19)15(20)10-5-3-7-13(18)14(10)17/h1-7,11H. The largest absolute Gasteiger partial charge is 0.292 e. The summed E-state index contributed by atoms with van der Waals surface area (Å²) in [4.78, 5) is 12.4. The van der Waals surface area contributed by atoms with Crippen molar-refractivity contribution in [2.24, 2.45) is 0 Å². The Kier molecular flexibility index (Phi) is 4.53. The lowest BCUT2D eigenvalue weighted by Crippen LogP contribution is -2.12. The maximum atomic E-state index is 13.4. The van der Waals surface area contributed by atoms with Crippen molar-refractivity contribution in [2.75, 3.05) is 0 Å². The van der Waals surface area contributed by atoms with Crippen molar-refractivity contribution in [3.8, 4) is 6.07 Å². The number of ketones is 1. The van der Waals surface area contributed by atoms with E-state index < -0.39 is 17.5 Å². The predicted octanol–water partition coefficient (Wildman–Crippen LogP) is 4.73. The number of carbonyl (C=O) groups excluding carboxylic acids is 1. The second-order valence-electron chi connectivity index (χ2n) is 4.05. The van der Waals surface area contributed by atoms with E-state index in [1.165, 1.54) is 18.2 Å². The second-order valence-corrected chi connectivity index (χ2v) is 5.28. The lowest BCUT2D eigenvalue weighted by atomic mass is 9.92. The summed E-state index contributed by atoms with van der Waals surface area (Å²) in [6.07, 6.45) is 0. The topological polar surface area (TPSA) is 40.9 Å². The van der Waals surface area contributed by atoms with Gasteiger partial charge in [0.25, 0.3) is 0 Å². The summed E-state index contributed by atoms with van der Waals surface area (Å²) >= 11 is 9.10. The van der Waals surface area contributed by atoms with Crippen LogP contribution < -0.4 is 0 Å². The number of Topliss-reactive ketones (excluding diaryl/α,β-unsaturated/α-hetero) is 1. The van der Waals surface area contributed by atoms with E-state index in [-0.39, 0.29) is 10.6 Å². The Balaban J connectivity index is 2.49. The van der Waals surface area contributed by atoms with Crippen molar-refractivity contribution < 1.29 is 9.18 Å². The van der Waals surface area contributed by atoms with Gasteiger partial charge in [0.05, 0.1) is 11.1 Å². The molecule has 1 atom stereocenters. The van der Waals surface area contributed by atoms with E-state index in [2.05, 4.69) is 15.9 Å². The average Bonchev–Trinajstić information content (AvgIpc) is 2.44. The highest BCUT2D eigenvalue weighted by Crippen LogP contribution is 2.30. The molecule has 0 radical (unpaired) electrons. The van der Waals surface area contributed by atoms with Crippen molar-refractivity contribution in [3.63, 3.8) is 0 Å². The molecule has 0 aliphatic heterocycles. The number of hydrogen-bond acceptors (Lipinski definition) is 2. The van der Waals surface area contributed by atoms with Gasteiger partial charge in [-0.1, -0.05) is 51.8 Å². The van der Waals surface area contributed by atoms with Gasteiger partial charge in [0.15, 0.2) is 5.78 Å². The molecule has 2 rings (SSSR count). The molecule has 0 fully saturated rings. The molecule has 0 spiro atoms. The lowest BCUT2D eigenvalue weighted by Gasteiger charge is -2.11. The molecule has 0 saturated carbocycles. The van der Waals surface area contributed by atoms with Crippen LogP contribution in [0.1, 0.15) is 21.8 Å². The van der Waals surface area contributed by atoms with Gasteiger partial charge < -0.3 is 0 Å². The van der Waals surface area contributed by atoms with Crippen molar-refractivity contribution >= 4 is 33.3 Å². The SMILES string of the molecule is N#CC(C(=O)c1cccc(F)c1Cl)c1ccccc1Br. The summed E-state index contributed by atoms with van der Waals surface area (Å²) in [7, 11) is 0. The van der Waals surface area contributed by atoms with Crippen molar-refractivity contribution in [1.82, 2.24) is 0 Å². The fourth-order valence-corrected chi connectivity index (χ4v) is 2.56. The molecule has 1 unspecified atom stereocenters. The predicted molar refractivity (Wildman–Crippen MR) is 78.2 cm³/mol. The fourth-order valence-electron chi connectivity index (χ4n) is 1.83. The van der Waals surface area contributed by atoms with Crippen LogP contribution in [0.25, 0.3) is 0 Å². The summed E-state index contributed by atoms with van der Waals surface area (Å²) in [5, 5.41) is 9.01. The van der Waals surface area contributed by atoms with E-state index >= 15 is 0 Å². The molecule has 2 aromatic carbocycles. The summed E-state index contributed by atoms with van der Waals surface area (Å²) < 4.78 is 14.1. The van der Waals surface area contributed by atoms with E-state index in [4.69, 9.17) is 11.6 Å². The van der Waals surface area contributed by atoms with Crippen LogP contribution in [0.4, 0.5) is 4.39 Å². The second kappa shape index (κ2) is 6.17. The van der Waals surface area contributed by atoms with Gasteiger partial charge in [-0.05, 0) is 23.8 Å². The number of benzene rings is 2. The molecular weight excluding hydrogens is 345 g/mol. The van der Waals surface area contributed by atoms with E-state index in [1.54, 1.807) is 24.3 Å². The monoisotopic (exact) mass is 351 g/mol. The van der Waals surface area contributed by atoms with Gasteiger partial charge in [-0.25, -0.2) is 4.39 Å². The first kappa shape index (κ1) is 14.7. The number of rotatable bonds is 3. The molecule has 0 amide bonds. The van der Waals surface area contributed by atoms with Crippen LogP contribution in [-0.2, 0) is 0 Å². The number of hydrogen-bond donors (Lipinski definition) is 0. The number of nitriles is 1. The van der Waals surface area contributed by atoms with Crippen LogP contribution in [0.15, 0.2) is 46.9 Å².